The number of hydrogen-bond donors (Lipinski definition) is 3. The molecule has 22 heavy (non-hydrogen) atoms. The molecule has 1 aliphatic carbocycles. The highest BCUT2D eigenvalue weighted by Crippen LogP contribution is 2.40. The van der Waals surface area contributed by atoms with Gasteiger partial charge in [0.2, 0.25) is 0 Å². The lowest BCUT2D eigenvalue weighted by atomic mass is 9.70. The lowest BCUT2D eigenvalue weighted by molar-refractivity contribution is -0.139. The van der Waals surface area contributed by atoms with Gasteiger partial charge in [-0.1, -0.05) is 20.8 Å². The van der Waals surface area contributed by atoms with Crippen molar-refractivity contribution < 1.29 is 14.6 Å². The highest BCUT2D eigenvalue weighted by Gasteiger charge is 2.32. The fourth-order valence-corrected chi connectivity index (χ4v) is 3.58. The second-order valence-corrected chi connectivity index (χ2v) is 7.19. The van der Waals surface area contributed by atoms with E-state index >= 15 is 0 Å². The first-order valence-corrected chi connectivity index (χ1v) is 7.76. The molecule has 0 amide bonds. The second kappa shape index (κ2) is 6.46. The van der Waals surface area contributed by atoms with Crippen LogP contribution in [0.1, 0.15) is 40.0 Å². The van der Waals surface area contributed by atoms with Gasteiger partial charge in [0.25, 0.3) is 0 Å². The minimum atomic E-state index is -1.00. The first kappa shape index (κ1) is 16.5. The zero-order valence-corrected chi connectivity index (χ0v) is 13.6. The van der Waals surface area contributed by atoms with Gasteiger partial charge in [-0.2, -0.15) is 0 Å². The van der Waals surface area contributed by atoms with E-state index in [1.54, 1.807) is 12.1 Å². The number of anilines is 2. The summed E-state index contributed by atoms with van der Waals surface area (Å²) < 4.78 is 5.14. The molecule has 0 heterocycles. The molecule has 2 atom stereocenters. The monoisotopic (exact) mass is 306 g/mol. The molecule has 1 aromatic rings. The van der Waals surface area contributed by atoms with Crippen LogP contribution in [0, 0.1) is 11.3 Å². The normalized spacial score (nSPS) is 23.8. The molecule has 5 heteroatoms. The Bertz CT molecular complexity index is 543. The summed E-state index contributed by atoms with van der Waals surface area (Å²) in [7, 11) is 0. The van der Waals surface area contributed by atoms with E-state index in [1.165, 1.54) is 6.42 Å². The summed E-state index contributed by atoms with van der Waals surface area (Å²) in [5.74, 6) is 0.169. The van der Waals surface area contributed by atoms with E-state index in [0.717, 1.165) is 18.5 Å². The summed E-state index contributed by atoms with van der Waals surface area (Å²) in [4.78, 5) is 10.5. The van der Waals surface area contributed by atoms with Gasteiger partial charge in [0.05, 0.1) is 11.4 Å². The van der Waals surface area contributed by atoms with Crippen molar-refractivity contribution in [1.82, 2.24) is 0 Å². The average Bonchev–Trinajstić information content (AvgIpc) is 2.36. The lowest BCUT2D eigenvalue weighted by Crippen LogP contribution is -2.35. The number of ether oxygens (including phenoxy) is 1. The number of benzene rings is 1. The van der Waals surface area contributed by atoms with Gasteiger partial charge < -0.3 is 20.9 Å². The van der Waals surface area contributed by atoms with Gasteiger partial charge >= 0.3 is 5.97 Å². The summed E-state index contributed by atoms with van der Waals surface area (Å²) in [6.45, 7) is 6.55. The van der Waals surface area contributed by atoms with Gasteiger partial charge in [-0.15, -0.1) is 0 Å². The minimum absolute atomic E-state index is 0.342. The van der Waals surface area contributed by atoms with Crippen molar-refractivity contribution in [3.8, 4) is 5.75 Å². The number of aliphatic carboxylic acids is 1. The number of nitrogens with one attached hydrogen (secondary N) is 1. The van der Waals surface area contributed by atoms with Crippen molar-refractivity contribution in [1.29, 1.82) is 0 Å². The van der Waals surface area contributed by atoms with E-state index in [0.29, 0.717) is 28.8 Å². The van der Waals surface area contributed by atoms with Crippen LogP contribution in [0.5, 0.6) is 5.75 Å². The predicted molar refractivity (Wildman–Crippen MR) is 88.2 cm³/mol. The molecule has 122 valence electrons. The molecular weight excluding hydrogens is 280 g/mol. The van der Waals surface area contributed by atoms with Crippen LogP contribution < -0.4 is 15.8 Å². The van der Waals surface area contributed by atoms with Gasteiger partial charge in [0.1, 0.15) is 5.75 Å². The Hall–Kier alpha value is -1.91. The Labute approximate surface area is 131 Å². The molecule has 1 aromatic carbocycles. The highest BCUT2D eigenvalue weighted by atomic mass is 16.5. The van der Waals surface area contributed by atoms with E-state index in [1.807, 2.05) is 6.07 Å². The molecule has 0 spiro atoms. The van der Waals surface area contributed by atoms with Gasteiger partial charge in [-0.25, -0.2) is 4.79 Å². The van der Waals surface area contributed by atoms with Gasteiger partial charge in [-0.3, -0.25) is 0 Å². The molecule has 0 saturated heterocycles. The molecule has 0 aliphatic heterocycles. The van der Waals surface area contributed by atoms with Crippen molar-refractivity contribution in [3.05, 3.63) is 18.2 Å². The number of carboxylic acids is 1. The van der Waals surface area contributed by atoms with E-state index in [4.69, 9.17) is 15.6 Å². The van der Waals surface area contributed by atoms with Crippen molar-refractivity contribution in [2.45, 2.75) is 46.1 Å². The largest absolute Gasteiger partial charge is 0.482 e. The molecular formula is C17H26N2O3. The zero-order valence-electron chi connectivity index (χ0n) is 13.6. The van der Waals surface area contributed by atoms with E-state index in [-0.39, 0.29) is 6.61 Å². The molecule has 2 unspecified atom stereocenters. The van der Waals surface area contributed by atoms with Crippen LogP contribution in [0.25, 0.3) is 0 Å². The predicted octanol–water partition coefficient (Wildman–Crippen LogP) is 3.36. The van der Waals surface area contributed by atoms with Crippen LogP contribution in [0.2, 0.25) is 0 Å². The second-order valence-electron chi connectivity index (χ2n) is 7.19. The number of carbonyl (C=O) groups is 1. The number of carboxylic acid groups (broad SMARTS) is 1. The Morgan fingerprint density at radius 3 is 2.77 bits per heavy atom. The molecule has 1 aliphatic rings. The molecule has 2 rings (SSSR count). The molecule has 1 fully saturated rings. The van der Waals surface area contributed by atoms with Crippen molar-refractivity contribution in [2.75, 3.05) is 17.7 Å². The SMILES string of the molecule is CC1CC(Nc2ccc(OCC(=O)O)cc2N)CC(C)(C)C1. The Kier molecular flexibility index (Phi) is 4.84. The van der Waals surface area contributed by atoms with Crippen molar-refractivity contribution >= 4 is 17.3 Å². The summed E-state index contributed by atoms with van der Waals surface area (Å²) in [6, 6.07) is 5.69. The fourth-order valence-electron chi connectivity index (χ4n) is 3.58. The summed E-state index contributed by atoms with van der Waals surface area (Å²) in [5, 5.41) is 12.2. The maximum Gasteiger partial charge on any atom is 0.341 e. The zero-order chi connectivity index (χ0) is 16.3. The third-order valence-electron chi connectivity index (χ3n) is 4.13. The Morgan fingerprint density at radius 1 is 1.45 bits per heavy atom. The highest BCUT2D eigenvalue weighted by molar-refractivity contribution is 5.70. The quantitative estimate of drug-likeness (QED) is 0.726. The summed E-state index contributed by atoms with van der Waals surface area (Å²) in [6.07, 6.45) is 3.51. The topological polar surface area (TPSA) is 84.6 Å². The van der Waals surface area contributed by atoms with Crippen LogP contribution >= 0.6 is 0 Å². The van der Waals surface area contributed by atoms with E-state index in [2.05, 4.69) is 26.1 Å². The maximum absolute atomic E-state index is 10.5. The molecule has 4 N–H and O–H groups in total. The van der Waals surface area contributed by atoms with Crippen LogP contribution in [-0.4, -0.2) is 23.7 Å². The van der Waals surface area contributed by atoms with Crippen LogP contribution in [-0.2, 0) is 4.79 Å². The minimum Gasteiger partial charge on any atom is -0.482 e. The number of nitrogens with two attached hydrogens (primary N) is 1. The standard InChI is InChI=1S/C17H26N2O3/c1-11-6-12(9-17(2,3)8-11)19-15-5-4-13(7-14(15)18)22-10-16(20)21/h4-5,7,11-12,19H,6,8-10,18H2,1-3H3,(H,20,21). The fraction of sp³-hybridized carbons (Fsp3) is 0.588. The number of rotatable bonds is 5. The molecule has 5 nitrogen and oxygen atoms in total. The first-order chi connectivity index (χ1) is 10.2. The van der Waals surface area contributed by atoms with Crippen molar-refractivity contribution in [3.63, 3.8) is 0 Å². The Balaban J connectivity index is 2.02. The maximum atomic E-state index is 10.5. The van der Waals surface area contributed by atoms with Crippen molar-refractivity contribution in [2.24, 2.45) is 11.3 Å². The Morgan fingerprint density at radius 2 is 2.18 bits per heavy atom. The first-order valence-electron chi connectivity index (χ1n) is 7.76. The third kappa shape index (κ3) is 4.55. The number of nitrogen functional groups attached to an aromatic ring is 1. The molecule has 0 radical (unpaired) electrons. The lowest BCUT2D eigenvalue weighted by Gasteiger charge is -2.39. The number of hydrogen-bond acceptors (Lipinski definition) is 4. The summed E-state index contributed by atoms with van der Waals surface area (Å²) >= 11 is 0. The van der Waals surface area contributed by atoms with Gasteiger partial charge in [0.15, 0.2) is 6.61 Å². The molecule has 0 bridgehead atoms. The van der Waals surface area contributed by atoms with E-state index < -0.39 is 5.97 Å². The van der Waals surface area contributed by atoms with Crippen LogP contribution in [0.15, 0.2) is 18.2 Å². The molecule has 1 saturated carbocycles. The van der Waals surface area contributed by atoms with Crippen LogP contribution in [0.4, 0.5) is 11.4 Å². The average molecular weight is 306 g/mol. The van der Waals surface area contributed by atoms with Gasteiger partial charge in [-0.05, 0) is 42.7 Å². The third-order valence-corrected chi connectivity index (χ3v) is 4.13. The van der Waals surface area contributed by atoms with Crippen LogP contribution in [0.3, 0.4) is 0 Å². The molecule has 0 aromatic heterocycles. The van der Waals surface area contributed by atoms with Gasteiger partial charge in [0, 0.05) is 12.1 Å². The van der Waals surface area contributed by atoms with E-state index in [9.17, 15) is 4.79 Å². The summed E-state index contributed by atoms with van der Waals surface area (Å²) in [5.41, 5.74) is 7.87. The smallest absolute Gasteiger partial charge is 0.341 e.